The van der Waals surface area contributed by atoms with Crippen molar-refractivity contribution in [2.75, 3.05) is 6.54 Å². The van der Waals surface area contributed by atoms with Gasteiger partial charge in [0.1, 0.15) is 18.7 Å². The van der Waals surface area contributed by atoms with Crippen molar-refractivity contribution in [3.05, 3.63) is 24.0 Å². The Bertz CT molecular complexity index is 488. The molecular formula is C12H21N7. The molecule has 2 heterocycles. The van der Waals surface area contributed by atoms with Crippen molar-refractivity contribution < 1.29 is 0 Å². The van der Waals surface area contributed by atoms with Gasteiger partial charge in [0.15, 0.2) is 0 Å². The van der Waals surface area contributed by atoms with Gasteiger partial charge in [0.25, 0.3) is 0 Å². The van der Waals surface area contributed by atoms with Crippen molar-refractivity contribution in [2.45, 2.75) is 46.3 Å². The number of aryl methyl sites for hydroxylation is 1. The molecule has 0 radical (unpaired) electrons. The van der Waals surface area contributed by atoms with Crippen molar-refractivity contribution in [1.29, 1.82) is 0 Å². The van der Waals surface area contributed by atoms with Crippen molar-refractivity contribution >= 4 is 0 Å². The quantitative estimate of drug-likeness (QED) is 0.714. The van der Waals surface area contributed by atoms with Gasteiger partial charge >= 0.3 is 0 Å². The van der Waals surface area contributed by atoms with Crippen LogP contribution in [0.2, 0.25) is 0 Å². The van der Waals surface area contributed by atoms with Crippen LogP contribution in [0.5, 0.6) is 0 Å². The van der Waals surface area contributed by atoms with Crippen molar-refractivity contribution in [2.24, 2.45) is 0 Å². The smallest absolute Gasteiger partial charge is 0.148 e. The highest BCUT2D eigenvalue weighted by molar-refractivity contribution is 4.94. The van der Waals surface area contributed by atoms with E-state index in [-0.39, 0.29) is 0 Å². The van der Waals surface area contributed by atoms with Crippen LogP contribution >= 0.6 is 0 Å². The van der Waals surface area contributed by atoms with Gasteiger partial charge in [-0.3, -0.25) is 0 Å². The van der Waals surface area contributed by atoms with Gasteiger partial charge in [-0.05, 0) is 19.4 Å². The molecule has 0 aromatic carbocycles. The number of hydrogen-bond acceptors (Lipinski definition) is 5. The first-order chi connectivity index (χ1) is 9.33. The summed E-state index contributed by atoms with van der Waals surface area (Å²) in [5.74, 6) is 0.916. The molecular weight excluding hydrogens is 242 g/mol. The molecule has 19 heavy (non-hydrogen) atoms. The van der Waals surface area contributed by atoms with E-state index >= 15 is 0 Å². The summed E-state index contributed by atoms with van der Waals surface area (Å²) < 4.78 is 3.72. The van der Waals surface area contributed by atoms with Crippen molar-refractivity contribution in [1.82, 2.24) is 35.1 Å². The zero-order valence-electron chi connectivity index (χ0n) is 11.6. The second-order valence-electron chi connectivity index (χ2n) is 4.48. The monoisotopic (exact) mass is 263 g/mol. The van der Waals surface area contributed by atoms with E-state index in [4.69, 9.17) is 0 Å². The zero-order chi connectivity index (χ0) is 13.5. The first-order valence-corrected chi connectivity index (χ1v) is 6.79. The highest BCUT2D eigenvalue weighted by Crippen LogP contribution is 2.00. The van der Waals surface area contributed by atoms with E-state index in [0.29, 0.717) is 6.54 Å². The molecule has 0 spiro atoms. The summed E-state index contributed by atoms with van der Waals surface area (Å²) >= 11 is 0. The lowest BCUT2D eigenvalue weighted by molar-refractivity contribution is 0.532. The van der Waals surface area contributed by atoms with Crippen LogP contribution in [-0.2, 0) is 19.6 Å². The Kier molecular flexibility index (Phi) is 5.02. The molecule has 0 fully saturated rings. The van der Waals surface area contributed by atoms with Gasteiger partial charge in [0, 0.05) is 13.1 Å². The Balaban J connectivity index is 1.93. The molecule has 0 aliphatic heterocycles. The number of hydrogen-bond donors (Lipinski definition) is 1. The van der Waals surface area contributed by atoms with Crippen LogP contribution in [0.25, 0.3) is 0 Å². The molecule has 0 bridgehead atoms. The first-order valence-electron chi connectivity index (χ1n) is 6.79. The number of nitrogens with one attached hydrogen (secondary N) is 1. The van der Waals surface area contributed by atoms with E-state index in [1.807, 2.05) is 10.9 Å². The van der Waals surface area contributed by atoms with Crippen LogP contribution in [0.4, 0.5) is 0 Å². The van der Waals surface area contributed by atoms with Crippen LogP contribution < -0.4 is 5.32 Å². The van der Waals surface area contributed by atoms with Crippen LogP contribution in [-0.4, -0.2) is 36.3 Å². The third-order valence-electron chi connectivity index (χ3n) is 2.75. The maximum absolute atomic E-state index is 4.26. The molecule has 0 atom stereocenters. The number of nitrogens with zero attached hydrogens (tertiary/aromatic N) is 6. The third-order valence-corrected chi connectivity index (χ3v) is 2.75. The Hall–Kier alpha value is -1.76. The van der Waals surface area contributed by atoms with Gasteiger partial charge in [0.05, 0.1) is 11.9 Å². The molecule has 7 heteroatoms. The molecule has 2 aromatic rings. The van der Waals surface area contributed by atoms with E-state index in [1.54, 1.807) is 11.0 Å². The van der Waals surface area contributed by atoms with Crippen LogP contribution in [0.15, 0.2) is 12.5 Å². The summed E-state index contributed by atoms with van der Waals surface area (Å²) in [7, 11) is 0. The maximum Gasteiger partial charge on any atom is 0.148 e. The molecule has 2 rings (SSSR count). The SMILES string of the molecule is CCCNCc1cn(Cc2ncnn2CCC)nn1. The fourth-order valence-corrected chi connectivity index (χ4v) is 1.84. The fourth-order valence-electron chi connectivity index (χ4n) is 1.84. The van der Waals surface area contributed by atoms with Crippen LogP contribution in [0.1, 0.15) is 38.2 Å². The van der Waals surface area contributed by atoms with Crippen molar-refractivity contribution in [3.63, 3.8) is 0 Å². The van der Waals surface area contributed by atoms with Crippen LogP contribution in [0.3, 0.4) is 0 Å². The first kappa shape index (κ1) is 13.7. The van der Waals surface area contributed by atoms with Crippen LogP contribution in [0, 0.1) is 0 Å². The van der Waals surface area contributed by atoms with E-state index in [1.165, 1.54) is 0 Å². The molecule has 7 nitrogen and oxygen atoms in total. The predicted molar refractivity (Wildman–Crippen MR) is 71.4 cm³/mol. The van der Waals surface area contributed by atoms with Crippen molar-refractivity contribution in [3.8, 4) is 0 Å². The standard InChI is InChI=1S/C12H21N7/c1-3-5-13-7-11-8-18(17-16-11)9-12-14-10-15-19(12)6-4-2/h8,10,13H,3-7,9H2,1-2H3. The molecule has 0 aliphatic carbocycles. The molecule has 0 aliphatic rings. The Morgan fingerprint density at radius 1 is 1.26 bits per heavy atom. The van der Waals surface area contributed by atoms with Gasteiger partial charge < -0.3 is 5.32 Å². The molecule has 0 saturated carbocycles. The molecule has 104 valence electrons. The third kappa shape index (κ3) is 3.85. The number of aromatic nitrogens is 6. The molecule has 0 saturated heterocycles. The summed E-state index contributed by atoms with van der Waals surface area (Å²) in [6, 6.07) is 0. The average Bonchev–Trinajstić information content (AvgIpc) is 3.02. The lowest BCUT2D eigenvalue weighted by Crippen LogP contribution is -2.14. The fraction of sp³-hybridized carbons (Fsp3) is 0.667. The minimum atomic E-state index is 0.612. The minimum absolute atomic E-state index is 0.612. The zero-order valence-corrected chi connectivity index (χ0v) is 11.6. The predicted octanol–water partition coefficient (Wildman–Crippen LogP) is 0.827. The molecule has 2 aromatic heterocycles. The number of rotatable bonds is 8. The summed E-state index contributed by atoms with van der Waals surface area (Å²) in [5, 5.41) is 15.8. The Labute approximate surface area is 113 Å². The van der Waals surface area contributed by atoms with E-state index < -0.39 is 0 Å². The highest BCUT2D eigenvalue weighted by Gasteiger charge is 2.06. The lowest BCUT2D eigenvalue weighted by Gasteiger charge is -2.03. The second kappa shape index (κ2) is 6.98. The largest absolute Gasteiger partial charge is 0.311 e. The van der Waals surface area contributed by atoms with Gasteiger partial charge in [-0.15, -0.1) is 5.10 Å². The summed E-state index contributed by atoms with van der Waals surface area (Å²) in [5.41, 5.74) is 0.954. The van der Waals surface area contributed by atoms with E-state index in [9.17, 15) is 0 Å². The van der Waals surface area contributed by atoms with Gasteiger partial charge in [-0.25, -0.2) is 14.3 Å². The highest BCUT2D eigenvalue weighted by atomic mass is 15.4. The lowest BCUT2D eigenvalue weighted by atomic mass is 10.4. The normalized spacial score (nSPS) is 11.1. The van der Waals surface area contributed by atoms with Gasteiger partial charge in [-0.1, -0.05) is 19.1 Å². The summed E-state index contributed by atoms with van der Waals surface area (Å²) in [6.45, 7) is 7.52. The Morgan fingerprint density at radius 2 is 2.16 bits per heavy atom. The Morgan fingerprint density at radius 3 is 2.95 bits per heavy atom. The second-order valence-corrected chi connectivity index (χ2v) is 4.48. The summed E-state index contributed by atoms with van der Waals surface area (Å²) in [6.07, 6.45) is 5.70. The molecule has 0 amide bonds. The average molecular weight is 263 g/mol. The van der Waals surface area contributed by atoms with E-state index in [0.717, 1.165) is 44.0 Å². The van der Waals surface area contributed by atoms with E-state index in [2.05, 4.69) is 39.6 Å². The van der Waals surface area contributed by atoms with Gasteiger partial charge in [0.2, 0.25) is 0 Å². The topological polar surface area (TPSA) is 73.5 Å². The minimum Gasteiger partial charge on any atom is -0.311 e. The summed E-state index contributed by atoms with van der Waals surface area (Å²) in [4.78, 5) is 4.26. The molecule has 0 unspecified atom stereocenters. The van der Waals surface area contributed by atoms with Gasteiger partial charge in [-0.2, -0.15) is 5.10 Å². The molecule has 1 N–H and O–H groups in total. The maximum atomic E-state index is 4.26.